The van der Waals surface area contributed by atoms with E-state index < -0.39 is 55.6 Å². The lowest BCUT2D eigenvalue weighted by atomic mass is 9.85. The quantitative estimate of drug-likeness (QED) is 0.726. The van der Waals surface area contributed by atoms with Gasteiger partial charge in [-0.25, -0.2) is 0 Å². The van der Waals surface area contributed by atoms with Crippen molar-refractivity contribution < 1.29 is 35.9 Å². The Labute approximate surface area is 159 Å². The van der Waals surface area contributed by atoms with Crippen molar-refractivity contribution in [1.82, 2.24) is 10.2 Å². The Bertz CT molecular complexity index is 737. The van der Waals surface area contributed by atoms with E-state index in [1.807, 2.05) is 0 Å². The van der Waals surface area contributed by atoms with Crippen LogP contribution >= 0.6 is 23.2 Å². The predicted molar refractivity (Wildman–Crippen MR) is 84.5 cm³/mol. The molecular formula is C15H12Cl2F6N2O2. The van der Waals surface area contributed by atoms with Crippen LogP contribution in [-0.4, -0.2) is 48.7 Å². The molecule has 1 aromatic rings. The van der Waals surface area contributed by atoms with Gasteiger partial charge in [-0.3, -0.25) is 9.59 Å². The van der Waals surface area contributed by atoms with Gasteiger partial charge in [0.1, 0.15) is 0 Å². The molecule has 4 nitrogen and oxygen atoms in total. The standard InChI is InChI=1S/C15H12Cl2F6N2O2/c16-8-1-2-9(10(17)5-8)12(27)24-6-11(26)25-4-3-13(7-25,14(18,19)20)15(21,22)23/h1-2,5H,3-4,6-7H2,(H,24,27). The van der Waals surface area contributed by atoms with Crippen molar-refractivity contribution in [3.63, 3.8) is 0 Å². The smallest absolute Gasteiger partial charge is 0.343 e. The number of alkyl halides is 6. The molecule has 150 valence electrons. The van der Waals surface area contributed by atoms with Crippen molar-refractivity contribution in [2.75, 3.05) is 19.6 Å². The number of carbonyl (C=O) groups is 2. The number of rotatable bonds is 3. The second-order valence-corrected chi connectivity index (χ2v) is 6.79. The van der Waals surface area contributed by atoms with E-state index in [0.29, 0.717) is 4.90 Å². The zero-order valence-corrected chi connectivity index (χ0v) is 14.9. The van der Waals surface area contributed by atoms with Gasteiger partial charge >= 0.3 is 12.4 Å². The van der Waals surface area contributed by atoms with E-state index in [2.05, 4.69) is 5.32 Å². The summed E-state index contributed by atoms with van der Waals surface area (Å²) in [4.78, 5) is 24.4. The molecule has 1 aromatic carbocycles. The average Bonchev–Trinajstić information content (AvgIpc) is 2.98. The van der Waals surface area contributed by atoms with Gasteiger partial charge in [0.15, 0.2) is 5.41 Å². The number of amides is 2. The van der Waals surface area contributed by atoms with Gasteiger partial charge < -0.3 is 10.2 Å². The first kappa shape index (κ1) is 21.6. The van der Waals surface area contributed by atoms with Crippen molar-refractivity contribution in [3.05, 3.63) is 33.8 Å². The minimum atomic E-state index is -5.56. The molecule has 0 atom stereocenters. The number of likely N-dealkylation sites (tertiary alicyclic amines) is 1. The van der Waals surface area contributed by atoms with Crippen molar-refractivity contribution >= 4 is 35.0 Å². The van der Waals surface area contributed by atoms with E-state index in [1.54, 1.807) is 0 Å². The molecule has 2 amide bonds. The number of nitrogens with one attached hydrogen (secondary N) is 1. The molecule has 0 aliphatic carbocycles. The first-order valence-electron chi connectivity index (χ1n) is 7.43. The first-order chi connectivity index (χ1) is 12.3. The number of hydrogen-bond donors (Lipinski definition) is 1. The predicted octanol–water partition coefficient (Wildman–Crippen LogP) is 4.07. The lowest BCUT2D eigenvalue weighted by Crippen LogP contribution is -2.52. The topological polar surface area (TPSA) is 49.4 Å². The van der Waals surface area contributed by atoms with Crippen molar-refractivity contribution in [2.45, 2.75) is 18.8 Å². The van der Waals surface area contributed by atoms with E-state index in [0.717, 1.165) is 0 Å². The van der Waals surface area contributed by atoms with Gasteiger partial charge in [0.2, 0.25) is 5.91 Å². The summed E-state index contributed by atoms with van der Waals surface area (Å²) in [7, 11) is 0. The number of carbonyl (C=O) groups excluding carboxylic acids is 2. The highest BCUT2D eigenvalue weighted by Crippen LogP contribution is 2.55. The van der Waals surface area contributed by atoms with Gasteiger partial charge in [0.05, 0.1) is 17.1 Å². The zero-order valence-electron chi connectivity index (χ0n) is 13.3. The Hall–Kier alpha value is -1.68. The van der Waals surface area contributed by atoms with Gasteiger partial charge in [0.25, 0.3) is 5.91 Å². The van der Waals surface area contributed by atoms with Crippen LogP contribution in [0.5, 0.6) is 0 Å². The average molecular weight is 437 g/mol. The fourth-order valence-corrected chi connectivity index (χ4v) is 3.18. The maximum absolute atomic E-state index is 13.0. The maximum atomic E-state index is 13.0. The van der Waals surface area contributed by atoms with Gasteiger partial charge in [0, 0.05) is 18.1 Å². The summed E-state index contributed by atoms with van der Waals surface area (Å²) in [5, 5.41) is 2.34. The molecule has 0 spiro atoms. The first-order valence-corrected chi connectivity index (χ1v) is 8.18. The Morgan fingerprint density at radius 2 is 1.70 bits per heavy atom. The molecule has 1 N–H and O–H groups in total. The molecule has 1 aliphatic rings. The monoisotopic (exact) mass is 436 g/mol. The SMILES string of the molecule is O=C(NCC(=O)N1CCC(C(F)(F)F)(C(F)(F)F)C1)c1ccc(Cl)cc1Cl. The van der Waals surface area contributed by atoms with Crippen LogP contribution in [0.4, 0.5) is 26.3 Å². The van der Waals surface area contributed by atoms with E-state index in [1.165, 1.54) is 18.2 Å². The van der Waals surface area contributed by atoms with Gasteiger partial charge in [-0.15, -0.1) is 0 Å². The van der Waals surface area contributed by atoms with Crippen molar-refractivity contribution in [2.24, 2.45) is 5.41 Å². The molecular weight excluding hydrogens is 425 g/mol. The van der Waals surface area contributed by atoms with Gasteiger partial charge in [-0.1, -0.05) is 23.2 Å². The lowest BCUT2D eigenvalue weighted by Gasteiger charge is -2.33. The molecule has 0 radical (unpaired) electrons. The third-order valence-electron chi connectivity index (χ3n) is 4.28. The van der Waals surface area contributed by atoms with Crippen LogP contribution in [0, 0.1) is 5.41 Å². The Balaban J connectivity index is 2.04. The second-order valence-electron chi connectivity index (χ2n) is 5.95. The summed E-state index contributed by atoms with van der Waals surface area (Å²) in [6, 6.07) is 3.88. The minimum Gasteiger partial charge on any atom is -0.343 e. The van der Waals surface area contributed by atoms with Crippen molar-refractivity contribution in [1.29, 1.82) is 0 Å². The van der Waals surface area contributed by atoms with Crippen LogP contribution in [0.2, 0.25) is 10.0 Å². The lowest BCUT2D eigenvalue weighted by molar-refractivity contribution is -0.334. The summed E-state index contributed by atoms with van der Waals surface area (Å²) in [5.74, 6) is -1.88. The van der Waals surface area contributed by atoms with Crippen LogP contribution < -0.4 is 5.32 Å². The minimum absolute atomic E-state index is 0.0261. The molecule has 27 heavy (non-hydrogen) atoms. The van der Waals surface area contributed by atoms with E-state index >= 15 is 0 Å². The number of hydrogen-bond acceptors (Lipinski definition) is 2. The fraction of sp³-hybridized carbons (Fsp3) is 0.467. The van der Waals surface area contributed by atoms with E-state index in [4.69, 9.17) is 23.2 Å². The number of nitrogens with zero attached hydrogens (tertiary/aromatic N) is 1. The largest absolute Gasteiger partial charge is 0.404 e. The molecule has 0 saturated carbocycles. The molecule has 12 heteroatoms. The van der Waals surface area contributed by atoms with Crippen LogP contribution in [0.1, 0.15) is 16.8 Å². The number of halogens is 8. The summed E-state index contributed by atoms with van der Waals surface area (Å²) in [6.45, 7) is -3.05. The molecule has 0 bridgehead atoms. The Morgan fingerprint density at radius 3 is 2.19 bits per heavy atom. The third-order valence-corrected chi connectivity index (χ3v) is 4.83. The van der Waals surface area contributed by atoms with Crippen molar-refractivity contribution in [3.8, 4) is 0 Å². The molecule has 0 unspecified atom stereocenters. The molecule has 1 saturated heterocycles. The van der Waals surface area contributed by atoms with Gasteiger partial charge in [-0.05, 0) is 24.6 Å². The second kappa shape index (κ2) is 7.38. The molecule has 1 aliphatic heterocycles. The summed E-state index contributed by atoms with van der Waals surface area (Å²) in [5.41, 5.74) is -4.02. The Morgan fingerprint density at radius 1 is 1.11 bits per heavy atom. The molecule has 2 rings (SSSR count). The third kappa shape index (κ3) is 4.26. The van der Waals surface area contributed by atoms with Crippen LogP contribution in [0.25, 0.3) is 0 Å². The maximum Gasteiger partial charge on any atom is 0.404 e. The molecule has 0 aromatic heterocycles. The molecule has 1 heterocycles. The zero-order chi connectivity index (χ0) is 20.6. The Kier molecular flexibility index (Phi) is 5.91. The summed E-state index contributed by atoms with van der Waals surface area (Å²) >= 11 is 11.5. The normalized spacial score (nSPS) is 17.1. The fourth-order valence-electron chi connectivity index (χ4n) is 2.68. The molecule has 1 fully saturated rings. The van der Waals surface area contributed by atoms with E-state index in [9.17, 15) is 35.9 Å². The summed E-state index contributed by atoms with van der Waals surface area (Å²) < 4.78 is 78.0. The number of benzene rings is 1. The summed E-state index contributed by atoms with van der Waals surface area (Å²) in [6.07, 6.45) is -12.4. The van der Waals surface area contributed by atoms with Crippen LogP contribution in [-0.2, 0) is 4.79 Å². The van der Waals surface area contributed by atoms with Crippen LogP contribution in [0.3, 0.4) is 0 Å². The van der Waals surface area contributed by atoms with Gasteiger partial charge in [-0.2, -0.15) is 26.3 Å². The highest BCUT2D eigenvalue weighted by molar-refractivity contribution is 6.36. The highest BCUT2D eigenvalue weighted by Gasteiger charge is 2.72. The van der Waals surface area contributed by atoms with E-state index in [-0.39, 0.29) is 15.6 Å². The van der Waals surface area contributed by atoms with Crippen LogP contribution in [0.15, 0.2) is 18.2 Å². The highest BCUT2D eigenvalue weighted by atomic mass is 35.5.